The van der Waals surface area contributed by atoms with Crippen LogP contribution in [0.4, 0.5) is 5.95 Å². The molecule has 3 N–H and O–H groups in total. The number of nitrogens with zero attached hydrogens (tertiary/aromatic N) is 2. The molecule has 0 unspecified atom stereocenters. The molecule has 0 amide bonds. The molecule has 0 spiro atoms. The number of aromatic nitrogens is 2. The fourth-order valence-corrected chi connectivity index (χ4v) is 0.933. The number of carboxylic acid groups (broad SMARTS) is 1. The van der Waals surface area contributed by atoms with Gasteiger partial charge in [0.25, 0.3) is 0 Å². The molecule has 0 fully saturated rings. The van der Waals surface area contributed by atoms with Gasteiger partial charge < -0.3 is 15.7 Å². The van der Waals surface area contributed by atoms with Crippen LogP contribution in [0.2, 0.25) is 0 Å². The van der Waals surface area contributed by atoms with Gasteiger partial charge in [0.1, 0.15) is 6.04 Å². The molecule has 1 atom stereocenters. The van der Waals surface area contributed by atoms with Crippen molar-refractivity contribution in [3.8, 4) is 0 Å². The number of nitrogens with one attached hydrogen (secondary N) is 2. The molecule has 6 heteroatoms. The van der Waals surface area contributed by atoms with Crippen LogP contribution in [0.1, 0.15) is 12.5 Å². The highest BCUT2D eigenvalue weighted by Gasteiger charge is 2.09. The van der Waals surface area contributed by atoms with Crippen LogP contribution in [0.15, 0.2) is 12.4 Å². The fraction of sp³-hybridized carbons (Fsp3) is 0.444. The minimum atomic E-state index is -0.872. The molecule has 0 radical (unpaired) electrons. The smallest absolute Gasteiger partial charge is 0.320 e. The summed E-state index contributed by atoms with van der Waals surface area (Å²) in [5.41, 5.74) is 0.849. The van der Waals surface area contributed by atoms with Crippen molar-refractivity contribution in [2.75, 3.05) is 12.4 Å². The highest BCUT2D eigenvalue weighted by atomic mass is 16.4. The monoisotopic (exact) mass is 210 g/mol. The zero-order valence-electron chi connectivity index (χ0n) is 8.69. The summed E-state index contributed by atoms with van der Waals surface area (Å²) in [6.45, 7) is 2.03. The van der Waals surface area contributed by atoms with Crippen molar-refractivity contribution < 1.29 is 9.90 Å². The summed E-state index contributed by atoms with van der Waals surface area (Å²) in [6.07, 6.45) is 3.31. The lowest BCUT2D eigenvalue weighted by Gasteiger charge is -2.08. The molecule has 0 saturated heterocycles. The Balaban J connectivity index is 2.47. The molecule has 0 saturated carbocycles. The molecule has 6 nitrogen and oxygen atoms in total. The Labute approximate surface area is 87.8 Å². The lowest BCUT2D eigenvalue weighted by molar-refractivity contribution is -0.139. The van der Waals surface area contributed by atoms with Gasteiger partial charge in [-0.3, -0.25) is 4.79 Å². The Morgan fingerprint density at radius 2 is 2.13 bits per heavy atom. The number of carboxylic acids is 1. The van der Waals surface area contributed by atoms with Gasteiger partial charge in [0, 0.05) is 31.5 Å². The molecule has 0 aliphatic rings. The van der Waals surface area contributed by atoms with Gasteiger partial charge in [-0.15, -0.1) is 0 Å². The van der Waals surface area contributed by atoms with Gasteiger partial charge in [0.05, 0.1) is 0 Å². The van der Waals surface area contributed by atoms with E-state index < -0.39 is 12.0 Å². The molecular formula is C9H14N4O2. The van der Waals surface area contributed by atoms with E-state index in [1.165, 1.54) is 0 Å². The van der Waals surface area contributed by atoms with Gasteiger partial charge in [0.15, 0.2) is 0 Å². The third kappa shape index (κ3) is 3.51. The molecule has 82 valence electrons. The minimum Gasteiger partial charge on any atom is -0.480 e. The molecule has 0 bridgehead atoms. The number of rotatable bonds is 5. The van der Waals surface area contributed by atoms with Gasteiger partial charge in [-0.25, -0.2) is 9.97 Å². The predicted octanol–water partition coefficient (Wildman–Crippen LogP) is 0.0810. The maximum Gasteiger partial charge on any atom is 0.320 e. The molecule has 1 rings (SSSR count). The first-order chi connectivity index (χ1) is 7.13. The van der Waals surface area contributed by atoms with Crippen LogP contribution >= 0.6 is 0 Å². The van der Waals surface area contributed by atoms with E-state index in [1.54, 1.807) is 26.4 Å². The number of hydrogen-bond donors (Lipinski definition) is 3. The molecule has 15 heavy (non-hydrogen) atoms. The van der Waals surface area contributed by atoms with Crippen molar-refractivity contribution >= 4 is 11.9 Å². The first-order valence-corrected chi connectivity index (χ1v) is 4.58. The van der Waals surface area contributed by atoms with Gasteiger partial charge in [0.2, 0.25) is 5.95 Å². The van der Waals surface area contributed by atoms with Crippen LogP contribution in [-0.4, -0.2) is 34.1 Å². The Bertz CT molecular complexity index is 325. The summed E-state index contributed by atoms with van der Waals surface area (Å²) in [6, 6.07) is -0.575. The third-order valence-electron chi connectivity index (χ3n) is 1.91. The van der Waals surface area contributed by atoms with Gasteiger partial charge in [-0.2, -0.15) is 0 Å². The lowest BCUT2D eigenvalue weighted by Crippen LogP contribution is -2.33. The SMILES string of the molecule is CNc1ncc(CN[C@H](C)C(=O)O)cn1. The average molecular weight is 210 g/mol. The quantitative estimate of drug-likeness (QED) is 0.638. The lowest BCUT2D eigenvalue weighted by atomic mass is 10.3. The summed E-state index contributed by atoms with van der Waals surface area (Å²) in [7, 11) is 1.74. The van der Waals surface area contributed by atoms with E-state index in [2.05, 4.69) is 20.6 Å². The summed E-state index contributed by atoms with van der Waals surface area (Å²) in [5, 5.41) is 14.3. The molecule has 0 aromatic carbocycles. The molecule has 1 heterocycles. The second-order valence-corrected chi connectivity index (χ2v) is 3.11. The number of aliphatic carboxylic acids is 1. The zero-order chi connectivity index (χ0) is 11.3. The standard InChI is InChI=1S/C9H14N4O2/c1-6(8(14)15)11-3-7-4-12-9(10-2)13-5-7/h4-6,11H,3H2,1-2H3,(H,14,15)(H,10,12,13)/t6-/m1/s1. The summed E-state index contributed by atoms with van der Waals surface area (Å²) in [4.78, 5) is 18.5. The van der Waals surface area contributed by atoms with Crippen molar-refractivity contribution in [1.29, 1.82) is 0 Å². The molecule has 0 aliphatic carbocycles. The van der Waals surface area contributed by atoms with Crippen LogP contribution in [0.3, 0.4) is 0 Å². The number of anilines is 1. The topological polar surface area (TPSA) is 87.1 Å². The maximum atomic E-state index is 10.5. The van der Waals surface area contributed by atoms with Crippen molar-refractivity contribution in [2.24, 2.45) is 0 Å². The minimum absolute atomic E-state index is 0.442. The van der Waals surface area contributed by atoms with Gasteiger partial charge >= 0.3 is 5.97 Å². The van der Waals surface area contributed by atoms with E-state index >= 15 is 0 Å². The van der Waals surface area contributed by atoms with Gasteiger partial charge in [-0.1, -0.05) is 0 Å². The Morgan fingerprint density at radius 3 is 2.60 bits per heavy atom. The fourth-order valence-electron chi connectivity index (χ4n) is 0.933. The van der Waals surface area contributed by atoms with E-state index in [0.29, 0.717) is 12.5 Å². The van der Waals surface area contributed by atoms with E-state index in [0.717, 1.165) is 5.56 Å². The highest BCUT2D eigenvalue weighted by molar-refractivity contribution is 5.72. The molecule has 0 aliphatic heterocycles. The Morgan fingerprint density at radius 1 is 1.53 bits per heavy atom. The summed E-state index contributed by atoms with van der Waals surface area (Å²) < 4.78 is 0. The second kappa shape index (κ2) is 5.26. The average Bonchev–Trinajstić information content (AvgIpc) is 2.26. The van der Waals surface area contributed by atoms with E-state index in [1.807, 2.05) is 0 Å². The Kier molecular flexibility index (Phi) is 3.99. The normalized spacial score (nSPS) is 12.1. The molecule has 1 aromatic heterocycles. The molecule has 1 aromatic rings. The van der Waals surface area contributed by atoms with Crippen LogP contribution in [-0.2, 0) is 11.3 Å². The van der Waals surface area contributed by atoms with E-state index in [4.69, 9.17) is 5.11 Å². The van der Waals surface area contributed by atoms with Crippen molar-refractivity contribution in [2.45, 2.75) is 19.5 Å². The zero-order valence-corrected chi connectivity index (χ0v) is 8.69. The largest absolute Gasteiger partial charge is 0.480 e. The van der Waals surface area contributed by atoms with Crippen molar-refractivity contribution in [3.05, 3.63) is 18.0 Å². The predicted molar refractivity (Wildman–Crippen MR) is 55.5 cm³/mol. The van der Waals surface area contributed by atoms with Gasteiger partial charge in [-0.05, 0) is 6.92 Å². The highest BCUT2D eigenvalue weighted by Crippen LogP contribution is 1.99. The van der Waals surface area contributed by atoms with Crippen LogP contribution in [0.5, 0.6) is 0 Å². The van der Waals surface area contributed by atoms with Crippen LogP contribution in [0, 0.1) is 0 Å². The van der Waals surface area contributed by atoms with E-state index in [-0.39, 0.29) is 0 Å². The Hall–Kier alpha value is -1.69. The first kappa shape index (κ1) is 11.4. The van der Waals surface area contributed by atoms with Crippen molar-refractivity contribution in [3.63, 3.8) is 0 Å². The summed E-state index contributed by atoms with van der Waals surface area (Å²) in [5.74, 6) is -0.326. The van der Waals surface area contributed by atoms with Crippen molar-refractivity contribution in [1.82, 2.24) is 15.3 Å². The third-order valence-corrected chi connectivity index (χ3v) is 1.91. The van der Waals surface area contributed by atoms with E-state index in [9.17, 15) is 4.79 Å². The second-order valence-electron chi connectivity index (χ2n) is 3.11. The first-order valence-electron chi connectivity index (χ1n) is 4.58. The molecular weight excluding hydrogens is 196 g/mol. The maximum absolute atomic E-state index is 10.5. The number of hydrogen-bond acceptors (Lipinski definition) is 5. The van der Waals surface area contributed by atoms with Crippen LogP contribution in [0.25, 0.3) is 0 Å². The number of carbonyl (C=O) groups is 1. The van der Waals surface area contributed by atoms with Crippen LogP contribution < -0.4 is 10.6 Å². The summed E-state index contributed by atoms with van der Waals surface area (Å²) >= 11 is 0.